The number of hydrogen-bond acceptors (Lipinski definition) is 4. The summed E-state index contributed by atoms with van der Waals surface area (Å²) in [6, 6.07) is 14.0. The fourth-order valence-electron chi connectivity index (χ4n) is 1.90. The van der Waals surface area contributed by atoms with Crippen LogP contribution >= 0.6 is 0 Å². The zero-order valence-electron chi connectivity index (χ0n) is 12.0. The lowest BCUT2D eigenvalue weighted by atomic mass is 10.1. The van der Waals surface area contributed by atoms with Gasteiger partial charge in [-0.05, 0) is 37.3 Å². The van der Waals surface area contributed by atoms with E-state index in [0.29, 0.717) is 16.9 Å². The topological polar surface area (TPSA) is 52.6 Å². The van der Waals surface area contributed by atoms with Gasteiger partial charge in [0.1, 0.15) is 12.4 Å². The fraction of sp³-hybridized carbons (Fsp3) is 0.176. The predicted molar refractivity (Wildman–Crippen MR) is 78.6 cm³/mol. The van der Waals surface area contributed by atoms with E-state index in [0.717, 1.165) is 5.56 Å². The molecule has 0 saturated heterocycles. The molecule has 0 spiro atoms. The SMILES string of the molecule is COC(=O)c1ccccc1COc1ccc(C(C)=O)cc1. The van der Waals surface area contributed by atoms with Crippen molar-refractivity contribution in [3.05, 3.63) is 65.2 Å². The van der Waals surface area contributed by atoms with Crippen LogP contribution in [0.1, 0.15) is 33.2 Å². The number of rotatable bonds is 5. The third-order valence-corrected chi connectivity index (χ3v) is 3.08. The second kappa shape index (κ2) is 6.70. The average molecular weight is 284 g/mol. The van der Waals surface area contributed by atoms with Gasteiger partial charge in [0.2, 0.25) is 0 Å². The van der Waals surface area contributed by atoms with Crippen molar-refractivity contribution < 1.29 is 19.1 Å². The second-order valence-electron chi connectivity index (χ2n) is 4.52. The summed E-state index contributed by atoms with van der Waals surface area (Å²) in [5.41, 5.74) is 1.87. The molecule has 0 heterocycles. The van der Waals surface area contributed by atoms with Crippen molar-refractivity contribution in [3.8, 4) is 5.75 Å². The van der Waals surface area contributed by atoms with Gasteiger partial charge >= 0.3 is 5.97 Å². The van der Waals surface area contributed by atoms with Crippen LogP contribution < -0.4 is 4.74 Å². The fourth-order valence-corrected chi connectivity index (χ4v) is 1.90. The Labute approximate surface area is 123 Å². The Kier molecular flexibility index (Phi) is 4.72. The molecule has 2 aromatic carbocycles. The smallest absolute Gasteiger partial charge is 0.338 e. The maximum atomic E-state index is 11.6. The van der Waals surface area contributed by atoms with E-state index in [1.165, 1.54) is 14.0 Å². The van der Waals surface area contributed by atoms with Crippen molar-refractivity contribution in [3.63, 3.8) is 0 Å². The van der Waals surface area contributed by atoms with Gasteiger partial charge in [-0.1, -0.05) is 18.2 Å². The van der Waals surface area contributed by atoms with E-state index >= 15 is 0 Å². The zero-order valence-corrected chi connectivity index (χ0v) is 12.0. The molecule has 0 aliphatic heterocycles. The van der Waals surface area contributed by atoms with Crippen molar-refractivity contribution in [1.29, 1.82) is 0 Å². The summed E-state index contributed by atoms with van der Waals surface area (Å²) in [7, 11) is 1.35. The van der Waals surface area contributed by atoms with E-state index in [4.69, 9.17) is 9.47 Å². The van der Waals surface area contributed by atoms with Gasteiger partial charge in [0.15, 0.2) is 5.78 Å². The third kappa shape index (κ3) is 3.69. The highest BCUT2D eigenvalue weighted by Gasteiger charge is 2.11. The van der Waals surface area contributed by atoms with Crippen LogP contribution in [0, 0.1) is 0 Å². The average Bonchev–Trinajstić information content (AvgIpc) is 2.52. The van der Waals surface area contributed by atoms with Crippen LogP contribution in [0.4, 0.5) is 0 Å². The minimum Gasteiger partial charge on any atom is -0.489 e. The Bertz CT molecular complexity index is 644. The van der Waals surface area contributed by atoms with Crippen molar-refractivity contribution in [2.24, 2.45) is 0 Å². The van der Waals surface area contributed by atoms with Crippen LogP contribution in [0.25, 0.3) is 0 Å². The summed E-state index contributed by atoms with van der Waals surface area (Å²) in [4.78, 5) is 22.8. The van der Waals surface area contributed by atoms with Crippen LogP contribution in [0.3, 0.4) is 0 Å². The number of Topliss-reactive ketones (excluding diaryl/α,β-unsaturated/α-hetero) is 1. The van der Waals surface area contributed by atoms with E-state index in [2.05, 4.69) is 0 Å². The summed E-state index contributed by atoms with van der Waals surface area (Å²) in [6.07, 6.45) is 0. The highest BCUT2D eigenvalue weighted by molar-refractivity contribution is 5.94. The van der Waals surface area contributed by atoms with Gasteiger partial charge in [-0.3, -0.25) is 4.79 Å². The molecule has 21 heavy (non-hydrogen) atoms. The molecular weight excluding hydrogens is 268 g/mol. The second-order valence-corrected chi connectivity index (χ2v) is 4.52. The van der Waals surface area contributed by atoms with Crippen LogP contribution in [-0.4, -0.2) is 18.9 Å². The molecule has 0 radical (unpaired) electrons. The zero-order chi connectivity index (χ0) is 15.2. The molecule has 0 aromatic heterocycles. The minimum atomic E-state index is -0.388. The summed E-state index contributed by atoms with van der Waals surface area (Å²) < 4.78 is 10.4. The van der Waals surface area contributed by atoms with Crippen molar-refractivity contribution in [2.45, 2.75) is 13.5 Å². The number of ketones is 1. The Morgan fingerprint density at radius 3 is 2.29 bits per heavy atom. The van der Waals surface area contributed by atoms with Gasteiger partial charge < -0.3 is 9.47 Å². The summed E-state index contributed by atoms with van der Waals surface area (Å²) >= 11 is 0. The Hall–Kier alpha value is -2.62. The quantitative estimate of drug-likeness (QED) is 0.624. The van der Waals surface area contributed by atoms with Gasteiger partial charge in [-0.2, -0.15) is 0 Å². The molecule has 108 valence electrons. The van der Waals surface area contributed by atoms with Gasteiger partial charge in [0.05, 0.1) is 12.7 Å². The summed E-state index contributed by atoms with van der Waals surface area (Å²) in [5.74, 6) is 0.262. The first kappa shape index (κ1) is 14.8. The highest BCUT2D eigenvalue weighted by Crippen LogP contribution is 2.17. The van der Waals surface area contributed by atoms with E-state index < -0.39 is 0 Å². The minimum absolute atomic E-state index is 0.0117. The Morgan fingerprint density at radius 2 is 1.67 bits per heavy atom. The van der Waals surface area contributed by atoms with Crippen molar-refractivity contribution >= 4 is 11.8 Å². The van der Waals surface area contributed by atoms with Crippen LogP contribution in [0.5, 0.6) is 5.75 Å². The summed E-state index contributed by atoms with van der Waals surface area (Å²) in [5, 5.41) is 0. The highest BCUT2D eigenvalue weighted by atomic mass is 16.5. The largest absolute Gasteiger partial charge is 0.489 e. The van der Waals surface area contributed by atoms with Gasteiger partial charge in [-0.25, -0.2) is 4.79 Å². The lowest BCUT2D eigenvalue weighted by Gasteiger charge is -2.10. The molecule has 2 rings (SSSR count). The van der Waals surface area contributed by atoms with E-state index in [9.17, 15) is 9.59 Å². The number of ether oxygens (including phenoxy) is 2. The molecule has 0 atom stereocenters. The van der Waals surface area contributed by atoms with Crippen molar-refractivity contribution in [2.75, 3.05) is 7.11 Å². The predicted octanol–water partition coefficient (Wildman–Crippen LogP) is 3.25. The van der Waals surface area contributed by atoms with Gasteiger partial charge in [-0.15, -0.1) is 0 Å². The molecule has 0 unspecified atom stereocenters. The lowest BCUT2D eigenvalue weighted by Crippen LogP contribution is -2.07. The number of benzene rings is 2. The molecule has 0 aliphatic carbocycles. The first-order valence-electron chi connectivity index (χ1n) is 6.52. The molecule has 0 bridgehead atoms. The molecule has 4 heteroatoms. The maximum absolute atomic E-state index is 11.6. The third-order valence-electron chi connectivity index (χ3n) is 3.08. The molecule has 0 amide bonds. The molecule has 0 saturated carbocycles. The Balaban J connectivity index is 2.09. The first-order chi connectivity index (χ1) is 10.1. The summed E-state index contributed by atoms with van der Waals surface area (Å²) in [6.45, 7) is 1.77. The van der Waals surface area contributed by atoms with Crippen molar-refractivity contribution in [1.82, 2.24) is 0 Å². The molecule has 0 aliphatic rings. The first-order valence-corrected chi connectivity index (χ1v) is 6.52. The standard InChI is InChI=1S/C17H16O4/c1-12(18)13-7-9-15(10-8-13)21-11-14-5-3-4-6-16(14)17(19)20-2/h3-10H,11H2,1-2H3. The number of esters is 1. The van der Waals surface area contributed by atoms with E-state index in [1.54, 1.807) is 36.4 Å². The molecule has 2 aromatic rings. The number of hydrogen-bond donors (Lipinski definition) is 0. The van der Waals surface area contributed by atoms with E-state index in [1.807, 2.05) is 12.1 Å². The number of methoxy groups -OCH3 is 1. The van der Waals surface area contributed by atoms with E-state index in [-0.39, 0.29) is 18.4 Å². The molecule has 0 fully saturated rings. The van der Waals surface area contributed by atoms with Gasteiger partial charge in [0.25, 0.3) is 0 Å². The molecule has 0 N–H and O–H groups in total. The molecular formula is C17H16O4. The number of carbonyl (C=O) groups excluding carboxylic acids is 2. The Morgan fingerprint density at radius 1 is 1.00 bits per heavy atom. The monoisotopic (exact) mass is 284 g/mol. The van der Waals surface area contributed by atoms with Crippen LogP contribution in [-0.2, 0) is 11.3 Å². The van der Waals surface area contributed by atoms with Crippen LogP contribution in [0.2, 0.25) is 0 Å². The van der Waals surface area contributed by atoms with Gasteiger partial charge in [0, 0.05) is 11.1 Å². The maximum Gasteiger partial charge on any atom is 0.338 e. The molecule has 4 nitrogen and oxygen atoms in total. The number of carbonyl (C=O) groups is 2. The van der Waals surface area contributed by atoms with Crippen LogP contribution in [0.15, 0.2) is 48.5 Å². The normalized spacial score (nSPS) is 10.0. The lowest BCUT2D eigenvalue weighted by molar-refractivity contribution is 0.0597.